The van der Waals surface area contributed by atoms with Gasteiger partial charge in [0.05, 0.1) is 0 Å². The van der Waals surface area contributed by atoms with Crippen LogP contribution in [0.2, 0.25) is 0 Å². The minimum Gasteiger partial charge on any atom is -0.437 e. The van der Waals surface area contributed by atoms with Crippen molar-refractivity contribution in [2.24, 2.45) is 0 Å². The smallest absolute Gasteiger partial charge is 0.241 e. The van der Waals surface area contributed by atoms with Crippen LogP contribution in [0.3, 0.4) is 0 Å². The molecule has 0 atom stereocenters. The molecular formula is C14H16ClN3O. The number of hydrogen-bond donors (Lipinski definition) is 1. The van der Waals surface area contributed by atoms with Gasteiger partial charge in [-0.25, -0.2) is 4.98 Å². The Kier molecular flexibility index (Phi) is 4.35. The van der Waals surface area contributed by atoms with Crippen molar-refractivity contribution < 1.29 is 4.74 Å². The maximum absolute atomic E-state index is 5.82. The van der Waals surface area contributed by atoms with Crippen molar-refractivity contribution in [2.45, 2.75) is 12.8 Å². The van der Waals surface area contributed by atoms with Crippen LogP contribution >= 0.6 is 12.4 Å². The summed E-state index contributed by atoms with van der Waals surface area (Å²) in [5.74, 6) is 1.83. The number of benzene rings is 1. The van der Waals surface area contributed by atoms with Gasteiger partial charge in [-0.15, -0.1) is 12.4 Å². The minimum atomic E-state index is 0. The molecule has 1 fully saturated rings. The van der Waals surface area contributed by atoms with Crippen molar-refractivity contribution in [1.29, 1.82) is 0 Å². The zero-order valence-electron chi connectivity index (χ0n) is 10.7. The third-order valence-electron chi connectivity index (χ3n) is 3.09. The maximum atomic E-state index is 5.82. The molecule has 2 heterocycles. The highest BCUT2D eigenvalue weighted by molar-refractivity contribution is 5.85. The van der Waals surface area contributed by atoms with E-state index in [1.165, 1.54) is 5.56 Å². The first kappa shape index (κ1) is 13.8. The Balaban J connectivity index is 0.00000133. The van der Waals surface area contributed by atoms with E-state index >= 15 is 0 Å². The predicted octanol–water partition coefficient (Wildman–Crippen LogP) is 2.69. The fourth-order valence-electron chi connectivity index (χ4n) is 1.89. The molecule has 0 spiro atoms. The molecule has 100 valence electrons. The lowest BCUT2D eigenvalue weighted by Crippen LogP contribution is -2.40. The van der Waals surface area contributed by atoms with Crippen LogP contribution in [-0.4, -0.2) is 23.1 Å². The lowest BCUT2D eigenvalue weighted by Gasteiger charge is -2.27. The van der Waals surface area contributed by atoms with Gasteiger partial charge < -0.3 is 10.1 Å². The summed E-state index contributed by atoms with van der Waals surface area (Å²) in [6.45, 7) is 3.95. The summed E-state index contributed by atoms with van der Waals surface area (Å²) in [4.78, 5) is 8.67. The van der Waals surface area contributed by atoms with E-state index in [4.69, 9.17) is 4.74 Å². The van der Waals surface area contributed by atoms with Crippen molar-refractivity contribution in [2.75, 3.05) is 13.1 Å². The minimum absolute atomic E-state index is 0. The lowest BCUT2D eigenvalue weighted by molar-refractivity contribution is 0.399. The summed E-state index contributed by atoms with van der Waals surface area (Å²) >= 11 is 0. The van der Waals surface area contributed by atoms with E-state index in [2.05, 4.69) is 22.2 Å². The molecule has 4 nitrogen and oxygen atoms in total. The highest BCUT2D eigenvalue weighted by Crippen LogP contribution is 2.28. The quantitative estimate of drug-likeness (QED) is 0.937. The Morgan fingerprint density at radius 3 is 2.42 bits per heavy atom. The molecule has 0 amide bonds. The second-order valence-electron chi connectivity index (χ2n) is 4.52. The fourth-order valence-corrected chi connectivity index (χ4v) is 1.89. The van der Waals surface area contributed by atoms with Gasteiger partial charge in [-0.1, -0.05) is 17.7 Å². The Morgan fingerprint density at radius 2 is 1.79 bits per heavy atom. The maximum Gasteiger partial charge on any atom is 0.241 e. The largest absolute Gasteiger partial charge is 0.437 e. The second-order valence-corrected chi connectivity index (χ2v) is 4.52. The first-order valence-electron chi connectivity index (χ1n) is 6.09. The van der Waals surface area contributed by atoms with E-state index in [9.17, 15) is 0 Å². The first-order chi connectivity index (χ1) is 8.83. The molecule has 5 heteroatoms. The number of nitrogens with zero attached hydrogens (tertiary/aromatic N) is 2. The second kappa shape index (κ2) is 5.99. The third kappa shape index (κ3) is 3.03. The topological polar surface area (TPSA) is 47.0 Å². The highest BCUT2D eigenvalue weighted by Gasteiger charge is 2.24. The van der Waals surface area contributed by atoms with Crippen LogP contribution in [-0.2, 0) is 0 Å². The van der Waals surface area contributed by atoms with E-state index in [1.807, 2.05) is 24.3 Å². The van der Waals surface area contributed by atoms with Crippen LogP contribution in [0, 0.1) is 6.92 Å². The number of ether oxygens (including phenoxy) is 1. The average molecular weight is 278 g/mol. The van der Waals surface area contributed by atoms with E-state index in [1.54, 1.807) is 12.4 Å². The van der Waals surface area contributed by atoms with Gasteiger partial charge in [0.25, 0.3) is 0 Å². The van der Waals surface area contributed by atoms with Gasteiger partial charge in [-0.05, 0) is 19.1 Å². The fraction of sp³-hybridized carbons (Fsp3) is 0.286. The summed E-state index contributed by atoms with van der Waals surface area (Å²) in [6.07, 6.45) is 3.38. The van der Waals surface area contributed by atoms with Crippen LogP contribution in [0.1, 0.15) is 17.2 Å². The van der Waals surface area contributed by atoms with E-state index < -0.39 is 0 Å². The first-order valence-corrected chi connectivity index (χ1v) is 6.09. The molecule has 0 radical (unpaired) electrons. The van der Waals surface area contributed by atoms with Crippen LogP contribution < -0.4 is 10.1 Å². The van der Waals surface area contributed by atoms with Crippen molar-refractivity contribution in [3.05, 3.63) is 47.9 Å². The van der Waals surface area contributed by atoms with Gasteiger partial charge in [0.1, 0.15) is 11.4 Å². The van der Waals surface area contributed by atoms with Crippen LogP contribution in [0.15, 0.2) is 36.7 Å². The molecule has 3 rings (SSSR count). The summed E-state index contributed by atoms with van der Waals surface area (Å²) in [6, 6.07) is 7.95. The molecule has 2 aromatic rings. The number of aromatic nitrogens is 2. The van der Waals surface area contributed by atoms with Gasteiger partial charge in [0.2, 0.25) is 5.88 Å². The molecule has 1 aromatic heterocycles. The van der Waals surface area contributed by atoms with Crippen molar-refractivity contribution in [1.82, 2.24) is 15.3 Å². The molecule has 0 saturated carbocycles. The molecule has 0 bridgehead atoms. The van der Waals surface area contributed by atoms with Crippen molar-refractivity contribution >= 4 is 12.4 Å². The number of hydrogen-bond acceptors (Lipinski definition) is 4. The SMILES string of the molecule is Cc1ccc(Oc2nccnc2C2CNC2)cc1.Cl. The number of nitrogens with one attached hydrogen (secondary N) is 1. The molecule has 0 aliphatic carbocycles. The zero-order chi connectivity index (χ0) is 12.4. The summed E-state index contributed by atoms with van der Waals surface area (Å²) in [7, 11) is 0. The summed E-state index contributed by atoms with van der Waals surface area (Å²) in [5.41, 5.74) is 2.15. The molecule has 1 N–H and O–H groups in total. The summed E-state index contributed by atoms with van der Waals surface area (Å²) < 4.78 is 5.82. The number of rotatable bonds is 3. The Labute approximate surface area is 118 Å². The molecule has 1 aromatic carbocycles. The van der Waals surface area contributed by atoms with E-state index in [0.29, 0.717) is 11.8 Å². The predicted molar refractivity (Wildman–Crippen MR) is 76.1 cm³/mol. The molecule has 0 unspecified atom stereocenters. The van der Waals surface area contributed by atoms with Gasteiger partial charge >= 0.3 is 0 Å². The monoisotopic (exact) mass is 277 g/mol. The molecular weight excluding hydrogens is 262 g/mol. The number of aryl methyl sites for hydroxylation is 1. The lowest BCUT2D eigenvalue weighted by atomic mass is 9.99. The summed E-state index contributed by atoms with van der Waals surface area (Å²) in [5, 5.41) is 3.23. The van der Waals surface area contributed by atoms with Crippen molar-refractivity contribution in [3.63, 3.8) is 0 Å². The number of halogens is 1. The van der Waals surface area contributed by atoms with Gasteiger partial charge in [0.15, 0.2) is 0 Å². The zero-order valence-corrected chi connectivity index (χ0v) is 11.5. The van der Waals surface area contributed by atoms with Gasteiger partial charge in [-0.3, -0.25) is 4.98 Å². The van der Waals surface area contributed by atoms with Gasteiger partial charge in [-0.2, -0.15) is 0 Å². The Bertz CT molecular complexity index is 541. The van der Waals surface area contributed by atoms with E-state index in [0.717, 1.165) is 24.5 Å². The Hall–Kier alpha value is -1.65. The third-order valence-corrected chi connectivity index (χ3v) is 3.09. The van der Waals surface area contributed by atoms with E-state index in [-0.39, 0.29) is 12.4 Å². The molecule has 1 aliphatic rings. The average Bonchev–Trinajstić information content (AvgIpc) is 2.32. The molecule has 1 aliphatic heterocycles. The van der Waals surface area contributed by atoms with Crippen LogP contribution in [0.25, 0.3) is 0 Å². The van der Waals surface area contributed by atoms with Crippen LogP contribution in [0.4, 0.5) is 0 Å². The molecule has 19 heavy (non-hydrogen) atoms. The van der Waals surface area contributed by atoms with Gasteiger partial charge in [0, 0.05) is 31.4 Å². The van der Waals surface area contributed by atoms with Crippen molar-refractivity contribution in [3.8, 4) is 11.6 Å². The molecule has 1 saturated heterocycles. The Morgan fingerprint density at radius 1 is 1.11 bits per heavy atom. The van der Waals surface area contributed by atoms with Crippen LogP contribution in [0.5, 0.6) is 11.6 Å². The normalized spacial score (nSPS) is 14.4. The standard InChI is InChI=1S/C14H15N3O.ClH/c1-10-2-4-12(5-3-10)18-14-13(11-8-15-9-11)16-6-7-17-14;/h2-7,11,15H,8-9H2,1H3;1H. The highest BCUT2D eigenvalue weighted by atomic mass is 35.5.